The minimum Gasteiger partial charge on any atom is -0.493 e. The zero-order valence-corrected chi connectivity index (χ0v) is 16.1. The molecular formula is C19H20FN3O3S. The van der Waals surface area contributed by atoms with Crippen LogP contribution in [0.1, 0.15) is 11.4 Å². The molecule has 1 N–H and O–H groups in total. The number of nitrogens with one attached hydrogen (secondary N) is 1. The van der Waals surface area contributed by atoms with Crippen molar-refractivity contribution in [2.24, 2.45) is 0 Å². The van der Waals surface area contributed by atoms with E-state index in [4.69, 9.17) is 14.2 Å². The third-order valence-electron chi connectivity index (χ3n) is 3.72. The monoisotopic (exact) mass is 389 g/mol. The van der Waals surface area contributed by atoms with Gasteiger partial charge in [0.25, 0.3) is 0 Å². The Balaban J connectivity index is 1.71. The second-order valence-electron chi connectivity index (χ2n) is 5.79. The lowest BCUT2D eigenvalue weighted by atomic mass is 10.2. The molecule has 0 aliphatic heterocycles. The molecule has 27 heavy (non-hydrogen) atoms. The molecular weight excluding hydrogens is 369 g/mol. The standard InChI is InChI=1S/C19H20FN3O3S/c1-12-4-6-16(17(10-12)25-3)26-15-7-5-13(11-14(15)20)21-19-22-18(23-27-19)8-9-24-2/h4-7,10-11H,8-9H2,1-3H3,(H,21,22,23). The maximum Gasteiger partial charge on any atom is 0.207 e. The number of rotatable bonds is 8. The van der Waals surface area contributed by atoms with Crippen LogP contribution in [0, 0.1) is 12.7 Å². The molecule has 1 aromatic heterocycles. The fraction of sp³-hybridized carbons (Fsp3) is 0.263. The summed E-state index contributed by atoms with van der Waals surface area (Å²) in [5.41, 5.74) is 1.59. The van der Waals surface area contributed by atoms with Crippen molar-refractivity contribution in [2.75, 3.05) is 26.1 Å². The first-order valence-electron chi connectivity index (χ1n) is 8.29. The molecule has 0 aliphatic carbocycles. The molecule has 0 unspecified atom stereocenters. The fourth-order valence-electron chi connectivity index (χ4n) is 2.36. The van der Waals surface area contributed by atoms with E-state index in [2.05, 4.69) is 14.7 Å². The van der Waals surface area contributed by atoms with Crippen molar-refractivity contribution in [3.8, 4) is 17.2 Å². The molecule has 0 spiro atoms. The maximum absolute atomic E-state index is 14.5. The predicted molar refractivity (Wildman–Crippen MR) is 103 cm³/mol. The number of ether oxygens (including phenoxy) is 3. The Kier molecular flexibility index (Phi) is 6.20. The quantitative estimate of drug-likeness (QED) is 0.601. The molecule has 0 aliphatic rings. The highest BCUT2D eigenvalue weighted by Crippen LogP contribution is 2.34. The van der Waals surface area contributed by atoms with Crippen molar-refractivity contribution < 1.29 is 18.6 Å². The van der Waals surface area contributed by atoms with E-state index in [1.165, 1.54) is 17.6 Å². The van der Waals surface area contributed by atoms with E-state index >= 15 is 0 Å². The van der Waals surface area contributed by atoms with E-state index in [0.717, 1.165) is 5.56 Å². The summed E-state index contributed by atoms with van der Waals surface area (Å²) < 4.78 is 34.7. The Hall–Kier alpha value is -2.71. The Morgan fingerprint density at radius 2 is 1.89 bits per heavy atom. The highest BCUT2D eigenvalue weighted by molar-refractivity contribution is 7.09. The van der Waals surface area contributed by atoms with Crippen LogP contribution in [0.5, 0.6) is 17.2 Å². The van der Waals surface area contributed by atoms with Gasteiger partial charge in [0.05, 0.1) is 13.7 Å². The van der Waals surface area contributed by atoms with Crippen LogP contribution in [0.25, 0.3) is 0 Å². The number of benzene rings is 2. The first kappa shape index (κ1) is 19.1. The maximum atomic E-state index is 14.5. The molecule has 8 heteroatoms. The van der Waals surface area contributed by atoms with Gasteiger partial charge in [-0.15, -0.1) is 0 Å². The molecule has 3 rings (SSSR count). The smallest absolute Gasteiger partial charge is 0.207 e. The minimum absolute atomic E-state index is 0.112. The summed E-state index contributed by atoms with van der Waals surface area (Å²) in [5.74, 6) is 1.31. The molecule has 142 valence electrons. The summed E-state index contributed by atoms with van der Waals surface area (Å²) in [6, 6.07) is 10.1. The first-order chi connectivity index (χ1) is 13.1. The summed E-state index contributed by atoms with van der Waals surface area (Å²) in [7, 11) is 3.18. The largest absolute Gasteiger partial charge is 0.493 e. The van der Waals surface area contributed by atoms with E-state index in [9.17, 15) is 4.39 Å². The van der Waals surface area contributed by atoms with Gasteiger partial charge in [-0.25, -0.2) is 9.37 Å². The molecule has 0 radical (unpaired) electrons. The van der Waals surface area contributed by atoms with Gasteiger partial charge in [-0.3, -0.25) is 0 Å². The number of aryl methyl sites for hydroxylation is 1. The lowest BCUT2D eigenvalue weighted by molar-refractivity contribution is 0.201. The molecule has 3 aromatic rings. The number of aromatic nitrogens is 2. The molecule has 2 aromatic carbocycles. The van der Waals surface area contributed by atoms with Crippen LogP contribution < -0.4 is 14.8 Å². The minimum atomic E-state index is -0.494. The average Bonchev–Trinajstić information content (AvgIpc) is 3.10. The summed E-state index contributed by atoms with van der Waals surface area (Å²) >= 11 is 1.22. The van der Waals surface area contributed by atoms with Crippen molar-refractivity contribution in [3.05, 3.63) is 53.6 Å². The van der Waals surface area contributed by atoms with Crippen LogP contribution in [0.4, 0.5) is 15.2 Å². The van der Waals surface area contributed by atoms with Gasteiger partial charge in [-0.05, 0) is 36.8 Å². The van der Waals surface area contributed by atoms with Crippen molar-refractivity contribution in [1.82, 2.24) is 9.36 Å². The lowest BCUT2D eigenvalue weighted by Crippen LogP contribution is -1.97. The Labute approximate surface area is 161 Å². The topological polar surface area (TPSA) is 65.5 Å². The SMILES string of the molecule is COCCc1nsc(Nc2ccc(Oc3ccc(C)cc3OC)c(F)c2)n1. The zero-order chi connectivity index (χ0) is 19.2. The van der Waals surface area contributed by atoms with E-state index in [1.54, 1.807) is 32.4 Å². The summed E-state index contributed by atoms with van der Waals surface area (Å²) in [5, 5.41) is 3.64. The molecule has 0 saturated heterocycles. The van der Waals surface area contributed by atoms with Gasteiger partial charge in [0.2, 0.25) is 5.13 Å². The van der Waals surface area contributed by atoms with Gasteiger partial charge in [-0.2, -0.15) is 4.37 Å². The van der Waals surface area contributed by atoms with E-state index in [-0.39, 0.29) is 5.75 Å². The Bertz CT molecular complexity index is 917. The van der Waals surface area contributed by atoms with E-state index < -0.39 is 5.82 Å². The summed E-state index contributed by atoms with van der Waals surface area (Å²) in [4.78, 5) is 4.34. The molecule has 6 nitrogen and oxygen atoms in total. The van der Waals surface area contributed by atoms with Crippen LogP contribution >= 0.6 is 11.5 Å². The van der Waals surface area contributed by atoms with E-state index in [1.807, 2.05) is 19.1 Å². The molecule has 0 fully saturated rings. The third-order valence-corrected chi connectivity index (χ3v) is 4.39. The highest BCUT2D eigenvalue weighted by atomic mass is 32.1. The lowest BCUT2D eigenvalue weighted by Gasteiger charge is -2.12. The van der Waals surface area contributed by atoms with Crippen molar-refractivity contribution in [2.45, 2.75) is 13.3 Å². The molecule has 0 amide bonds. The number of anilines is 2. The van der Waals surface area contributed by atoms with Crippen LogP contribution in [-0.2, 0) is 11.2 Å². The first-order valence-corrected chi connectivity index (χ1v) is 9.07. The number of hydrogen-bond donors (Lipinski definition) is 1. The molecule has 0 bridgehead atoms. The molecule has 0 saturated carbocycles. The zero-order valence-electron chi connectivity index (χ0n) is 15.3. The number of methoxy groups -OCH3 is 2. The normalized spacial score (nSPS) is 10.7. The second-order valence-corrected chi connectivity index (χ2v) is 6.54. The van der Waals surface area contributed by atoms with E-state index in [0.29, 0.717) is 41.2 Å². The van der Waals surface area contributed by atoms with Gasteiger partial charge in [0, 0.05) is 36.8 Å². The number of nitrogens with zero attached hydrogens (tertiary/aromatic N) is 2. The van der Waals surface area contributed by atoms with Crippen LogP contribution in [-0.4, -0.2) is 30.2 Å². The summed E-state index contributed by atoms with van der Waals surface area (Å²) in [6.45, 7) is 2.50. The van der Waals surface area contributed by atoms with Crippen LogP contribution in [0.15, 0.2) is 36.4 Å². The van der Waals surface area contributed by atoms with Crippen molar-refractivity contribution in [3.63, 3.8) is 0 Å². The highest BCUT2D eigenvalue weighted by Gasteiger charge is 2.11. The fourth-order valence-corrected chi connectivity index (χ4v) is 3.00. The van der Waals surface area contributed by atoms with Gasteiger partial charge < -0.3 is 19.5 Å². The summed E-state index contributed by atoms with van der Waals surface area (Å²) in [6.07, 6.45) is 0.633. The Morgan fingerprint density at radius 1 is 1.07 bits per heavy atom. The van der Waals surface area contributed by atoms with Gasteiger partial charge in [0.1, 0.15) is 5.82 Å². The molecule has 0 atom stereocenters. The number of hydrogen-bond acceptors (Lipinski definition) is 7. The van der Waals surface area contributed by atoms with Gasteiger partial charge >= 0.3 is 0 Å². The predicted octanol–water partition coefficient (Wildman–Crippen LogP) is 4.72. The van der Waals surface area contributed by atoms with Gasteiger partial charge in [0.15, 0.2) is 23.1 Å². The number of halogens is 1. The third kappa shape index (κ3) is 4.93. The van der Waals surface area contributed by atoms with Crippen molar-refractivity contribution >= 4 is 22.4 Å². The average molecular weight is 389 g/mol. The van der Waals surface area contributed by atoms with Gasteiger partial charge in [-0.1, -0.05) is 6.07 Å². The second kappa shape index (κ2) is 8.79. The van der Waals surface area contributed by atoms with Crippen LogP contribution in [0.2, 0.25) is 0 Å². The Morgan fingerprint density at radius 3 is 2.63 bits per heavy atom. The molecule has 1 heterocycles. The van der Waals surface area contributed by atoms with Crippen LogP contribution in [0.3, 0.4) is 0 Å². The van der Waals surface area contributed by atoms with Crippen molar-refractivity contribution in [1.29, 1.82) is 0 Å².